The second-order valence-electron chi connectivity index (χ2n) is 6.70. The fourth-order valence-corrected chi connectivity index (χ4v) is 3.26. The average Bonchev–Trinajstić information content (AvgIpc) is 3.23. The summed E-state index contributed by atoms with van der Waals surface area (Å²) in [6, 6.07) is 16.6. The van der Waals surface area contributed by atoms with Gasteiger partial charge in [-0.25, -0.2) is 4.98 Å². The van der Waals surface area contributed by atoms with Crippen molar-refractivity contribution >= 4 is 17.5 Å². The molecule has 1 aromatic heterocycles. The molecule has 0 atom stereocenters. The van der Waals surface area contributed by atoms with E-state index >= 15 is 0 Å². The van der Waals surface area contributed by atoms with E-state index in [4.69, 9.17) is 0 Å². The maximum absolute atomic E-state index is 13.0. The van der Waals surface area contributed by atoms with E-state index in [0.717, 1.165) is 55.1 Å². The number of hydrogen-bond donors (Lipinski definition) is 1. The Hall–Kier alpha value is -3.09. The molecule has 2 heterocycles. The van der Waals surface area contributed by atoms with Crippen molar-refractivity contribution in [2.24, 2.45) is 0 Å². The molecule has 1 aliphatic rings. The summed E-state index contributed by atoms with van der Waals surface area (Å²) < 4.78 is 39.0. The van der Waals surface area contributed by atoms with Gasteiger partial charge in [-0.05, 0) is 31.0 Å². The maximum Gasteiger partial charge on any atom is 0.416 e. The monoisotopic (exact) mass is 384 g/mol. The number of halogens is 3. The molecular weight excluding hydrogens is 365 g/mol. The van der Waals surface area contributed by atoms with E-state index in [2.05, 4.69) is 20.2 Å². The van der Waals surface area contributed by atoms with Crippen LogP contribution in [0.25, 0.3) is 11.3 Å². The Kier molecular flexibility index (Phi) is 4.90. The van der Waals surface area contributed by atoms with Crippen LogP contribution in [0.4, 0.5) is 30.6 Å². The van der Waals surface area contributed by atoms with Crippen LogP contribution in [0, 0.1) is 0 Å². The predicted octanol–water partition coefficient (Wildman–Crippen LogP) is 5.51. The van der Waals surface area contributed by atoms with E-state index < -0.39 is 11.7 Å². The van der Waals surface area contributed by atoms with Gasteiger partial charge in [0.15, 0.2) is 0 Å². The summed E-state index contributed by atoms with van der Waals surface area (Å²) in [5.41, 5.74) is 1.24. The normalized spacial score (nSPS) is 14.3. The zero-order valence-electron chi connectivity index (χ0n) is 15.1. The molecule has 0 bridgehead atoms. The summed E-state index contributed by atoms with van der Waals surface area (Å²) in [6.07, 6.45) is -2.20. The van der Waals surface area contributed by atoms with Gasteiger partial charge in [0.05, 0.1) is 11.3 Å². The van der Waals surface area contributed by atoms with Crippen LogP contribution < -0.4 is 10.2 Å². The number of nitrogens with one attached hydrogen (secondary N) is 1. The Morgan fingerprint density at radius 2 is 1.61 bits per heavy atom. The smallest absolute Gasteiger partial charge is 0.356 e. The predicted molar refractivity (Wildman–Crippen MR) is 104 cm³/mol. The zero-order valence-corrected chi connectivity index (χ0v) is 15.1. The number of alkyl halides is 3. The van der Waals surface area contributed by atoms with Gasteiger partial charge >= 0.3 is 6.18 Å². The Bertz CT molecular complexity index is 951. The van der Waals surface area contributed by atoms with Crippen molar-refractivity contribution in [3.63, 3.8) is 0 Å². The lowest BCUT2D eigenvalue weighted by Gasteiger charge is -2.18. The topological polar surface area (TPSA) is 41.1 Å². The summed E-state index contributed by atoms with van der Waals surface area (Å²) in [5, 5.41) is 2.94. The molecule has 0 amide bonds. The van der Waals surface area contributed by atoms with E-state index in [1.54, 1.807) is 6.07 Å². The third-order valence-corrected chi connectivity index (χ3v) is 4.66. The van der Waals surface area contributed by atoms with Crippen LogP contribution in [0.5, 0.6) is 0 Å². The minimum Gasteiger partial charge on any atom is -0.356 e. The SMILES string of the molecule is FC(F)(F)c1cccc(Nc2nc(-c3ccccc3)cc(N3CCCC3)n2)c1. The molecule has 1 N–H and O–H groups in total. The van der Waals surface area contributed by atoms with Gasteiger partial charge in [0, 0.05) is 30.4 Å². The summed E-state index contributed by atoms with van der Waals surface area (Å²) >= 11 is 0. The molecule has 7 heteroatoms. The van der Waals surface area contributed by atoms with Crippen LogP contribution in [0.2, 0.25) is 0 Å². The van der Waals surface area contributed by atoms with Crippen LogP contribution in [0.3, 0.4) is 0 Å². The molecule has 3 aromatic rings. The van der Waals surface area contributed by atoms with Crippen molar-refractivity contribution in [2.75, 3.05) is 23.3 Å². The van der Waals surface area contributed by atoms with Gasteiger partial charge in [-0.1, -0.05) is 36.4 Å². The lowest BCUT2D eigenvalue weighted by molar-refractivity contribution is -0.137. The van der Waals surface area contributed by atoms with Gasteiger partial charge in [0.1, 0.15) is 5.82 Å². The van der Waals surface area contributed by atoms with Crippen molar-refractivity contribution in [2.45, 2.75) is 19.0 Å². The minimum atomic E-state index is -4.40. The van der Waals surface area contributed by atoms with E-state index in [1.165, 1.54) is 6.07 Å². The third-order valence-electron chi connectivity index (χ3n) is 4.66. The van der Waals surface area contributed by atoms with Crippen molar-refractivity contribution in [3.05, 3.63) is 66.2 Å². The Morgan fingerprint density at radius 3 is 2.32 bits per heavy atom. The summed E-state index contributed by atoms with van der Waals surface area (Å²) in [5.74, 6) is 1.06. The summed E-state index contributed by atoms with van der Waals surface area (Å²) in [6.45, 7) is 1.82. The van der Waals surface area contributed by atoms with E-state index in [9.17, 15) is 13.2 Å². The molecule has 1 fully saturated rings. The van der Waals surface area contributed by atoms with Crippen LogP contribution in [-0.4, -0.2) is 23.1 Å². The first-order valence-corrected chi connectivity index (χ1v) is 9.13. The average molecular weight is 384 g/mol. The third kappa shape index (κ3) is 4.08. The molecule has 144 valence electrons. The highest BCUT2D eigenvalue weighted by Gasteiger charge is 2.30. The number of rotatable bonds is 4. The second-order valence-corrected chi connectivity index (χ2v) is 6.70. The molecular formula is C21H19F3N4. The summed E-state index contributed by atoms with van der Waals surface area (Å²) in [4.78, 5) is 11.3. The lowest BCUT2D eigenvalue weighted by Crippen LogP contribution is -2.19. The largest absolute Gasteiger partial charge is 0.416 e. The number of anilines is 3. The highest BCUT2D eigenvalue weighted by atomic mass is 19.4. The summed E-state index contributed by atoms with van der Waals surface area (Å²) in [7, 11) is 0. The minimum absolute atomic E-state index is 0.280. The Balaban J connectivity index is 1.71. The van der Waals surface area contributed by atoms with Crippen molar-refractivity contribution in [1.82, 2.24) is 9.97 Å². The molecule has 28 heavy (non-hydrogen) atoms. The van der Waals surface area contributed by atoms with E-state index in [-0.39, 0.29) is 5.95 Å². The van der Waals surface area contributed by atoms with E-state index in [1.807, 2.05) is 36.4 Å². The van der Waals surface area contributed by atoms with Crippen LogP contribution in [0.15, 0.2) is 60.7 Å². The number of hydrogen-bond acceptors (Lipinski definition) is 4. The molecule has 0 radical (unpaired) electrons. The van der Waals surface area contributed by atoms with Gasteiger partial charge in [0.25, 0.3) is 0 Å². The quantitative estimate of drug-likeness (QED) is 0.644. The molecule has 4 nitrogen and oxygen atoms in total. The molecule has 1 aliphatic heterocycles. The number of benzene rings is 2. The Labute approximate surface area is 161 Å². The highest BCUT2D eigenvalue weighted by Crippen LogP contribution is 2.32. The lowest BCUT2D eigenvalue weighted by atomic mass is 10.1. The molecule has 2 aromatic carbocycles. The first kappa shape index (κ1) is 18.3. The molecule has 0 aliphatic carbocycles. The van der Waals surface area contributed by atoms with Crippen molar-refractivity contribution in [3.8, 4) is 11.3 Å². The van der Waals surface area contributed by atoms with Crippen molar-refractivity contribution in [1.29, 1.82) is 0 Å². The fourth-order valence-electron chi connectivity index (χ4n) is 3.26. The number of nitrogens with zero attached hydrogens (tertiary/aromatic N) is 3. The first-order valence-electron chi connectivity index (χ1n) is 9.13. The van der Waals surface area contributed by atoms with Crippen LogP contribution in [-0.2, 0) is 6.18 Å². The van der Waals surface area contributed by atoms with Crippen molar-refractivity contribution < 1.29 is 13.2 Å². The van der Waals surface area contributed by atoms with Crippen LogP contribution in [0.1, 0.15) is 18.4 Å². The fraction of sp³-hybridized carbons (Fsp3) is 0.238. The molecule has 1 saturated heterocycles. The zero-order chi connectivity index (χ0) is 19.6. The number of aromatic nitrogens is 2. The molecule has 0 saturated carbocycles. The van der Waals surface area contributed by atoms with E-state index in [0.29, 0.717) is 5.69 Å². The molecule has 0 unspecified atom stereocenters. The first-order chi connectivity index (χ1) is 13.5. The standard InChI is InChI=1S/C21H19F3N4/c22-21(23,24)16-9-6-10-17(13-16)25-20-26-18(15-7-2-1-3-8-15)14-19(27-20)28-11-4-5-12-28/h1-3,6-10,13-14H,4-5,11-12H2,(H,25,26,27). The highest BCUT2D eigenvalue weighted by molar-refractivity contribution is 5.67. The van der Waals surface area contributed by atoms with Gasteiger partial charge in [0.2, 0.25) is 5.95 Å². The van der Waals surface area contributed by atoms with Gasteiger partial charge < -0.3 is 10.2 Å². The Morgan fingerprint density at radius 1 is 0.857 bits per heavy atom. The van der Waals surface area contributed by atoms with Gasteiger partial charge in [-0.2, -0.15) is 18.2 Å². The van der Waals surface area contributed by atoms with Crippen LogP contribution >= 0.6 is 0 Å². The maximum atomic E-state index is 13.0. The molecule has 4 rings (SSSR count). The van der Waals surface area contributed by atoms with Gasteiger partial charge in [-0.3, -0.25) is 0 Å². The van der Waals surface area contributed by atoms with Gasteiger partial charge in [-0.15, -0.1) is 0 Å². The second kappa shape index (κ2) is 7.50. The molecule has 0 spiro atoms.